The molecule has 1 aromatic heterocycles. The fourth-order valence-electron chi connectivity index (χ4n) is 4.18. The van der Waals surface area contributed by atoms with Crippen LogP contribution >= 0.6 is 0 Å². The van der Waals surface area contributed by atoms with Gasteiger partial charge in [0.25, 0.3) is 5.91 Å². The highest BCUT2D eigenvalue weighted by molar-refractivity contribution is 5.93. The Balaban J connectivity index is 1.57. The van der Waals surface area contributed by atoms with Crippen LogP contribution in [0.15, 0.2) is 51.7 Å². The van der Waals surface area contributed by atoms with Gasteiger partial charge in [0.05, 0.1) is 18.5 Å². The molecule has 162 valence electrons. The number of rotatable bonds is 6. The van der Waals surface area contributed by atoms with Gasteiger partial charge in [-0.15, -0.1) is 0 Å². The van der Waals surface area contributed by atoms with E-state index in [4.69, 9.17) is 9.15 Å². The molecule has 2 aromatic carbocycles. The highest BCUT2D eigenvalue weighted by atomic mass is 16.5. The minimum Gasteiger partial charge on any atom is -0.497 e. The maximum absolute atomic E-state index is 12.9. The van der Waals surface area contributed by atoms with Gasteiger partial charge in [0.1, 0.15) is 11.3 Å². The summed E-state index contributed by atoms with van der Waals surface area (Å²) in [4.78, 5) is 27.8. The summed E-state index contributed by atoms with van der Waals surface area (Å²) < 4.78 is 11.1. The van der Waals surface area contributed by atoms with Crippen LogP contribution in [0.5, 0.6) is 5.75 Å². The summed E-state index contributed by atoms with van der Waals surface area (Å²) in [5.41, 5.74) is 3.28. The van der Waals surface area contributed by atoms with Crippen LogP contribution in [0.25, 0.3) is 11.0 Å². The lowest BCUT2D eigenvalue weighted by molar-refractivity contribution is 0.0910. The second-order valence-electron chi connectivity index (χ2n) is 8.10. The summed E-state index contributed by atoms with van der Waals surface area (Å²) >= 11 is 0. The Hall–Kier alpha value is -3.12. The Morgan fingerprint density at radius 2 is 1.84 bits per heavy atom. The van der Waals surface area contributed by atoms with Gasteiger partial charge in [-0.2, -0.15) is 0 Å². The molecular formula is C25H28N2O4. The number of aryl methyl sites for hydroxylation is 2. The molecule has 1 N–H and O–H groups in total. The first-order valence-electron chi connectivity index (χ1n) is 10.7. The molecule has 1 unspecified atom stereocenters. The third kappa shape index (κ3) is 4.35. The molecule has 6 nitrogen and oxygen atoms in total. The molecule has 4 rings (SSSR count). The van der Waals surface area contributed by atoms with Crippen LogP contribution in [-0.4, -0.2) is 37.6 Å². The molecule has 1 saturated heterocycles. The van der Waals surface area contributed by atoms with E-state index in [-0.39, 0.29) is 23.1 Å². The summed E-state index contributed by atoms with van der Waals surface area (Å²) in [6.07, 6.45) is 2.30. The Kier molecular flexibility index (Phi) is 6.09. The SMILES string of the molecule is COc1ccc(C(CNC(=O)c2cc(=O)c3ccc(C)c(C)c3o2)N2CCCC2)cc1. The molecule has 1 fully saturated rings. The first-order valence-corrected chi connectivity index (χ1v) is 10.7. The highest BCUT2D eigenvalue weighted by Crippen LogP contribution is 2.26. The summed E-state index contributed by atoms with van der Waals surface area (Å²) in [5, 5.41) is 3.48. The lowest BCUT2D eigenvalue weighted by Gasteiger charge is -2.28. The zero-order valence-electron chi connectivity index (χ0n) is 18.2. The van der Waals surface area contributed by atoms with Crippen LogP contribution in [0.1, 0.15) is 46.1 Å². The summed E-state index contributed by atoms with van der Waals surface area (Å²) in [5.74, 6) is 0.468. The number of ether oxygens (including phenoxy) is 1. The molecule has 0 radical (unpaired) electrons. The van der Waals surface area contributed by atoms with E-state index in [1.165, 1.54) is 6.07 Å². The lowest BCUT2D eigenvalue weighted by atomic mass is 10.0. The average Bonchev–Trinajstić information content (AvgIpc) is 3.31. The van der Waals surface area contributed by atoms with E-state index >= 15 is 0 Å². The van der Waals surface area contributed by atoms with Gasteiger partial charge in [-0.25, -0.2) is 0 Å². The predicted molar refractivity (Wildman–Crippen MR) is 121 cm³/mol. The van der Waals surface area contributed by atoms with E-state index < -0.39 is 0 Å². The fourth-order valence-corrected chi connectivity index (χ4v) is 4.18. The number of likely N-dealkylation sites (tertiary alicyclic amines) is 1. The van der Waals surface area contributed by atoms with Crippen LogP contribution in [0, 0.1) is 13.8 Å². The number of nitrogens with zero attached hydrogens (tertiary/aromatic N) is 1. The van der Waals surface area contributed by atoms with Crippen molar-refractivity contribution in [1.82, 2.24) is 10.2 Å². The molecular weight excluding hydrogens is 392 g/mol. The first-order chi connectivity index (χ1) is 15.0. The Morgan fingerprint density at radius 1 is 1.13 bits per heavy atom. The molecule has 31 heavy (non-hydrogen) atoms. The lowest BCUT2D eigenvalue weighted by Crippen LogP contribution is -2.37. The largest absolute Gasteiger partial charge is 0.497 e. The van der Waals surface area contributed by atoms with Crippen LogP contribution in [0.2, 0.25) is 0 Å². The quantitative estimate of drug-likeness (QED) is 0.653. The van der Waals surface area contributed by atoms with Gasteiger partial charge in [0.15, 0.2) is 11.2 Å². The van der Waals surface area contributed by atoms with Gasteiger partial charge in [-0.05, 0) is 74.7 Å². The Morgan fingerprint density at radius 3 is 2.52 bits per heavy atom. The third-order valence-corrected chi connectivity index (χ3v) is 6.18. The van der Waals surface area contributed by atoms with Gasteiger partial charge < -0.3 is 14.5 Å². The monoisotopic (exact) mass is 420 g/mol. The van der Waals surface area contributed by atoms with Crippen molar-refractivity contribution < 1.29 is 13.9 Å². The summed E-state index contributed by atoms with van der Waals surface area (Å²) in [6.45, 7) is 6.28. The smallest absolute Gasteiger partial charge is 0.287 e. The van der Waals surface area contributed by atoms with E-state index in [0.29, 0.717) is 17.5 Å². The molecule has 6 heteroatoms. The van der Waals surface area contributed by atoms with Gasteiger partial charge in [0, 0.05) is 12.6 Å². The van der Waals surface area contributed by atoms with Crippen molar-refractivity contribution in [2.75, 3.05) is 26.7 Å². The van der Waals surface area contributed by atoms with E-state index in [9.17, 15) is 9.59 Å². The molecule has 3 aromatic rings. The number of carbonyl (C=O) groups is 1. The molecule has 1 atom stereocenters. The molecule has 0 saturated carbocycles. The highest BCUT2D eigenvalue weighted by Gasteiger charge is 2.25. The number of hydrogen-bond donors (Lipinski definition) is 1. The normalized spacial score (nSPS) is 15.2. The van der Waals surface area contributed by atoms with Crippen molar-refractivity contribution in [1.29, 1.82) is 0 Å². The van der Waals surface area contributed by atoms with E-state index in [1.807, 2.05) is 44.2 Å². The first kappa shape index (κ1) is 21.1. The van der Waals surface area contributed by atoms with Crippen molar-refractivity contribution >= 4 is 16.9 Å². The Labute approximate surface area is 181 Å². The average molecular weight is 421 g/mol. The molecule has 2 heterocycles. The van der Waals surface area contributed by atoms with Crippen molar-refractivity contribution in [3.8, 4) is 5.75 Å². The predicted octanol–water partition coefficient (Wildman–Crippen LogP) is 3.99. The van der Waals surface area contributed by atoms with Crippen molar-refractivity contribution in [3.05, 3.63) is 75.1 Å². The molecule has 0 spiro atoms. The van der Waals surface area contributed by atoms with Crippen LogP contribution in [-0.2, 0) is 0 Å². The molecule has 1 aliphatic rings. The number of fused-ring (bicyclic) bond motifs is 1. The fraction of sp³-hybridized carbons (Fsp3) is 0.360. The number of carbonyl (C=O) groups excluding carboxylic acids is 1. The number of benzene rings is 2. The summed E-state index contributed by atoms with van der Waals surface area (Å²) in [7, 11) is 1.65. The number of amides is 1. The van der Waals surface area contributed by atoms with Gasteiger partial charge in [-0.3, -0.25) is 14.5 Å². The maximum Gasteiger partial charge on any atom is 0.287 e. The number of nitrogens with one attached hydrogen (secondary N) is 1. The van der Waals surface area contributed by atoms with Crippen LogP contribution in [0.3, 0.4) is 0 Å². The molecule has 0 bridgehead atoms. The topological polar surface area (TPSA) is 71.8 Å². The second-order valence-corrected chi connectivity index (χ2v) is 8.10. The van der Waals surface area contributed by atoms with E-state index in [0.717, 1.165) is 48.4 Å². The van der Waals surface area contributed by atoms with Crippen LogP contribution in [0.4, 0.5) is 0 Å². The minimum atomic E-state index is -0.377. The second kappa shape index (κ2) is 8.94. The van der Waals surface area contributed by atoms with Gasteiger partial charge in [-0.1, -0.05) is 18.2 Å². The van der Waals surface area contributed by atoms with Crippen molar-refractivity contribution in [2.45, 2.75) is 32.7 Å². The van der Waals surface area contributed by atoms with Gasteiger partial charge in [0.2, 0.25) is 0 Å². The number of hydrogen-bond acceptors (Lipinski definition) is 5. The van der Waals surface area contributed by atoms with E-state index in [2.05, 4.69) is 10.2 Å². The zero-order valence-corrected chi connectivity index (χ0v) is 18.2. The molecule has 1 amide bonds. The van der Waals surface area contributed by atoms with Crippen LogP contribution < -0.4 is 15.5 Å². The standard InChI is InChI=1S/C25H28N2O4/c1-16-6-11-20-22(28)14-23(31-24(20)17(16)2)25(29)26-15-21(27-12-4-5-13-27)18-7-9-19(30-3)10-8-18/h6-11,14,21H,4-5,12-13,15H2,1-3H3,(H,26,29). The third-order valence-electron chi connectivity index (χ3n) is 6.18. The van der Waals surface area contributed by atoms with E-state index in [1.54, 1.807) is 13.2 Å². The van der Waals surface area contributed by atoms with Crippen molar-refractivity contribution in [3.63, 3.8) is 0 Å². The molecule has 0 aliphatic carbocycles. The summed E-state index contributed by atoms with van der Waals surface area (Å²) in [6, 6.07) is 12.9. The van der Waals surface area contributed by atoms with Crippen molar-refractivity contribution in [2.24, 2.45) is 0 Å². The van der Waals surface area contributed by atoms with Gasteiger partial charge >= 0.3 is 0 Å². The maximum atomic E-state index is 12.9. The number of methoxy groups -OCH3 is 1. The Bertz CT molecular complexity index is 1140. The molecule has 1 aliphatic heterocycles. The zero-order chi connectivity index (χ0) is 22.0. The minimum absolute atomic E-state index is 0.0427.